The Bertz CT molecular complexity index is 553. The molecule has 0 N–H and O–H groups in total. The van der Waals surface area contributed by atoms with E-state index in [1.165, 1.54) is 7.11 Å². The number of imidazole rings is 1. The van der Waals surface area contributed by atoms with Gasteiger partial charge in [0.1, 0.15) is 0 Å². The summed E-state index contributed by atoms with van der Waals surface area (Å²) in [4.78, 5) is 15.4. The van der Waals surface area contributed by atoms with Crippen molar-refractivity contribution in [1.29, 1.82) is 0 Å². The maximum absolute atomic E-state index is 11.1. The molecule has 4 nitrogen and oxygen atoms in total. The molecule has 0 aromatic carbocycles. The van der Waals surface area contributed by atoms with Gasteiger partial charge < -0.3 is 9.14 Å². The van der Waals surface area contributed by atoms with E-state index in [1.54, 1.807) is 22.9 Å². The van der Waals surface area contributed by atoms with Gasteiger partial charge in [-0.25, -0.2) is 4.98 Å². The van der Waals surface area contributed by atoms with Crippen LogP contribution in [0.15, 0.2) is 22.9 Å². The first-order valence-electron chi connectivity index (χ1n) is 4.49. The lowest BCUT2D eigenvalue weighted by Gasteiger charge is -1.96. The van der Waals surface area contributed by atoms with Gasteiger partial charge in [0.15, 0.2) is 5.65 Å². The second-order valence-electron chi connectivity index (χ2n) is 3.22. The largest absolute Gasteiger partial charge is 0.469 e. The van der Waals surface area contributed by atoms with Gasteiger partial charge in [0, 0.05) is 12.4 Å². The lowest BCUT2D eigenvalue weighted by molar-refractivity contribution is -0.139. The fraction of sp³-hybridized carbons (Fsp3) is 0.200. The van der Waals surface area contributed by atoms with Crippen molar-refractivity contribution in [1.82, 2.24) is 9.38 Å². The molecule has 2 rings (SSSR count). The van der Waals surface area contributed by atoms with Crippen molar-refractivity contribution in [3.8, 4) is 0 Å². The lowest BCUT2D eigenvalue weighted by Crippen LogP contribution is -2.04. The number of methoxy groups -OCH3 is 1. The molecule has 16 heavy (non-hydrogen) atoms. The van der Waals surface area contributed by atoms with E-state index in [-0.39, 0.29) is 12.4 Å². The Labute approximate surface area is 105 Å². The molecule has 0 saturated heterocycles. The molecule has 84 valence electrons. The van der Waals surface area contributed by atoms with Crippen molar-refractivity contribution in [2.75, 3.05) is 7.11 Å². The maximum atomic E-state index is 11.1. The van der Waals surface area contributed by atoms with E-state index < -0.39 is 0 Å². The Kier molecular flexibility index (Phi) is 3.16. The first-order valence-corrected chi connectivity index (χ1v) is 5.66. The zero-order valence-electron chi connectivity index (χ0n) is 8.41. The molecule has 0 atom stereocenters. The highest BCUT2D eigenvalue weighted by Crippen LogP contribution is 2.22. The highest BCUT2D eigenvalue weighted by molar-refractivity contribution is 9.10. The standard InChI is InChI=1S/C10H8BrClN2O2/c1-16-9(15)3-7-5-14-4-6(12)2-8(11)10(14)13-7/h2,4-5H,3H2,1H3. The third-order valence-electron chi connectivity index (χ3n) is 2.08. The maximum Gasteiger partial charge on any atom is 0.311 e. The number of carbonyl (C=O) groups is 1. The van der Waals surface area contributed by atoms with Gasteiger partial charge in [0.25, 0.3) is 0 Å². The molecule has 0 saturated carbocycles. The van der Waals surface area contributed by atoms with Crippen molar-refractivity contribution in [3.05, 3.63) is 33.6 Å². The number of esters is 1. The third-order valence-corrected chi connectivity index (χ3v) is 2.87. The highest BCUT2D eigenvalue weighted by Gasteiger charge is 2.09. The van der Waals surface area contributed by atoms with Crippen LogP contribution >= 0.6 is 27.5 Å². The summed E-state index contributed by atoms with van der Waals surface area (Å²) < 4.78 is 7.13. The summed E-state index contributed by atoms with van der Waals surface area (Å²) in [6.07, 6.45) is 3.64. The van der Waals surface area contributed by atoms with Crippen molar-refractivity contribution in [2.24, 2.45) is 0 Å². The second-order valence-corrected chi connectivity index (χ2v) is 4.51. The minimum atomic E-state index is -0.314. The number of nitrogens with zero attached hydrogens (tertiary/aromatic N) is 2. The number of rotatable bonds is 2. The molecule has 0 aliphatic rings. The summed E-state index contributed by atoms with van der Waals surface area (Å²) in [5.74, 6) is -0.314. The first kappa shape index (κ1) is 11.4. The molecule has 0 radical (unpaired) electrons. The Morgan fingerprint density at radius 1 is 1.62 bits per heavy atom. The Balaban J connectivity index is 2.44. The van der Waals surface area contributed by atoms with Gasteiger partial charge in [0.05, 0.1) is 28.7 Å². The smallest absolute Gasteiger partial charge is 0.311 e. The summed E-state index contributed by atoms with van der Waals surface area (Å²) in [5.41, 5.74) is 1.37. The van der Waals surface area contributed by atoms with Crippen molar-refractivity contribution in [3.63, 3.8) is 0 Å². The summed E-state index contributed by atoms with van der Waals surface area (Å²) in [7, 11) is 1.35. The summed E-state index contributed by atoms with van der Waals surface area (Å²) >= 11 is 9.26. The Morgan fingerprint density at radius 2 is 2.38 bits per heavy atom. The zero-order valence-corrected chi connectivity index (χ0v) is 10.7. The average Bonchev–Trinajstić information content (AvgIpc) is 2.60. The normalized spacial score (nSPS) is 10.7. The topological polar surface area (TPSA) is 43.6 Å². The average molecular weight is 304 g/mol. The van der Waals surface area contributed by atoms with Crippen LogP contribution in [-0.4, -0.2) is 22.5 Å². The van der Waals surface area contributed by atoms with Crippen LogP contribution in [0.2, 0.25) is 5.02 Å². The van der Waals surface area contributed by atoms with Gasteiger partial charge in [-0.2, -0.15) is 0 Å². The second kappa shape index (κ2) is 4.43. The fourth-order valence-corrected chi connectivity index (χ4v) is 2.27. The van der Waals surface area contributed by atoms with Gasteiger partial charge in [-0.1, -0.05) is 11.6 Å². The SMILES string of the molecule is COC(=O)Cc1cn2cc(Cl)cc(Br)c2n1. The van der Waals surface area contributed by atoms with Gasteiger partial charge in [-0.15, -0.1) is 0 Å². The molecule has 0 aliphatic carbocycles. The number of carbonyl (C=O) groups excluding carboxylic acids is 1. The number of hydrogen-bond donors (Lipinski definition) is 0. The number of halogens is 2. The van der Waals surface area contributed by atoms with Gasteiger partial charge in [0.2, 0.25) is 0 Å². The molecule has 0 bridgehead atoms. The van der Waals surface area contributed by atoms with Crippen LogP contribution < -0.4 is 0 Å². The first-order chi connectivity index (χ1) is 7.60. The van der Waals surface area contributed by atoms with E-state index in [9.17, 15) is 4.79 Å². The summed E-state index contributed by atoms with van der Waals surface area (Å²) in [5, 5.41) is 0.599. The molecule has 0 fully saturated rings. The summed E-state index contributed by atoms with van der Waals surface area (Å²) in [6.45, 7) is 0. The van der Waals surface area contributed by atoms with Crippen molar-refractivity contribution < 1.29 is 9.53 Å². The number of fused-ring (bicyclic) bond motifs is 1. The molecule has 0 spiro atoms. The molecule has 0 amide bonds. The lowest BCUT2D eigenvalue weighted by atomic mass is 10.3. The molecule has 0 unspecified atom stereocenters. The zero-order chi connectivity index (χ0) is 11.7. The van der Waals surface area contributed by atoms with Crippen LogP contribution in [0, 0.1) is 0 Å². The van der Waals surface area contributed by atoms with Crippen molar-refractivity contribution in [2.45, 2.75) is 6.42 Å². The van der Waals surface area contributed by atoms with Crippen LogP contribution in [0.1, 0.15) is 5.69 Å². The van der Waals surface area contributed by atoms with E-state index in [2.05, 4.69) is 25.7 Å². The van der Waals surface area contributed by atoms with E-state index in [4.69, 9.17) is 11.6 Å². The van der Waals surface area contributed by atoms with Crippen LogP contribution in [0.4, 0.5) is 0 Å². The number of pyridine rings is 1. The van der Waals surface area contributed by atoms with Crippen LogP contribution in [-0.2, 0) is 16.0 Å². The van der Waals surface area contributed by atoms with Crippen LogP contribution in [0.25, 0.3) is 5.65 Å². The van der Waals surface area contributed by atoms with Gasteiger partial charge in [-0.3, -0.25) is 4.79 Å². The number of hydrogen-bond acceptors (Lipinski definition) is 3. The van der Waals surface area contributed by atoms with E-state index in [1.807, 2.05) is 0 Å². The van der Waals surface area contributed by atoms with Gasteiger partial charge >= 0.3 is 5.97 Å². The Hall–Kier alpha value is -1.07. The molecule has 0 aliphatic heterocycles. The quantitative estimate of drug-likeness (QED) is 0.801. The fourth-order valence-electron chi connectivity index (χ4n) is 1.38. The predicted molar refractivity (Wildman–Crippen MR) is 63.6 cm³/mol. The van der Waals surface area contributed by atoms with E-state index in [0.717, 1.165) is 10.1 Å². The van der Waals surface area contributed by atoms with E-state index >= 15 is 0 Å². The highest BCUT2D eigenvalue weighted by atomic mass is 79.9. The third kappa shape index (κ3) is 2.20. The monoisotopic (exact) mass is 302 g/mol. The van der Waals surface area contributed by atoms with Gasteiger partial charge in [-0.05, 0) is 22.0 Å². The number of aromatic nitrogens is 2. The molecule has 6 heteroatoms. The van der Waals surface area contributed by atoms with E-state index in [0.29, 0.717) is 10.7 Å². The molecule has 2 aromatic heterocycles. The molecular formula is C10H8BrClN2O2. The van der Waals surface area contributed by atoms with Crippen LogP contribution in [0.5, 0.6) is 0 Å². The molecule has 2 heterocycles. The molecular weight excluding hydrogens is 295 g/mol. The minimum absolute atomic E-state index is 0.155. The number of ether oxygens (including phenoxy) is 1. The molecule has 2 aromatic rings. The minimum Gasteiger partial charge on any atom is -0.469 e. The van der Waals surface area contributed by atoms with Crippen molar-refractivity contribution >= 4 is 39.1 Å². The Morgan fingerprint density at radius 3 is 3.06 bits per heavy atom. The summed E-state index contributed by atoms with van der Waals surface area (Å²) in [6, 6.07) is 1.76. The predicted octanol–water partition coefficient (Wildman–Crippen LogP) is 2.47. The van der Waals surface area contributed by atoms with Crippen LogP contribution in [0.3, 0.4) is 0 Å².